The van der Waals surface area contributed by atoms with E-state index in [2.05, 4.69) is 24.8 Å². The molecule has 0 rings (SSSR count). The molecule has 1 heteroatoms. The number of carbonyl (C=O) groups excluding carboxylic acids is 1. The predicted molar refractivity (Wildman–Crippen MR) is 79.4 cm³/mol. The van der Waals surface area contributed by atoms with Crippen LogP contribution in [-0.2, 0) is 4.79 Å². The Labute approximate surface area is 113 Å². The fourth-order valence-corrected chi connectivity index (χ4v) is 1.78. The van der Waals surface area contributed by atoms with Crippen LogP contribution in [0.5, 0.6) is 0 Å². The minimum Gasteiger partial charge on any atom is -0.300 e. The molecule has 0 aliphatic rings. The van der Waals surface area contributed by atoms with Crippen LogP contribution in [0.15, 0.2) is 12.2 Å². The van der Waals surface area contributed by atoms with Crippen molar-refractivity contribution in [3.8, 4) is 11.8 Å². The summed E-state index contributed by atoms with van der Waals surface area (Å²) in [4.78, 5) is 10.7. The van der Waals surface area contributed by atoms with Crippen molar-refractivity contribution in [2.24, 2.45) is 0 Å². The van der Waals surface area contributed by atoms with Crippen molar-refractivity contribution < 1.29 is 4.79 Å². The smallest absolute Gasteiger partial charge is 0.129 e. The Morgan fingerprint density at radius 1 is 1.00 bits per heavy atom. The van der Waals surface area contributed by atoms with Gasteiger partial charge in [-0.15, -0.1) is 0 Å². The molecule has 102 valence electrons. The molecule has 0 N–H and O–H groups in total. The number of hydrogen-bond donors (Lipinski definition) is 0. The van der Waals surface area contributed by atoms with E-state index in [0.29, 0.717) is 5.78 Å². The standard InChI is InChI=1S/C17H28O/c1-3-4-5-6-7-8-9-10-11-12-13-14-15-16-17(2)18/h4-5H,3,8-16H2,1-2H3/b5-4-. The van der Waals surface area contributed by atoms with Gasteiger partial charge >= 0.3 is 0 Å². The molecule has 0 unspecified atom stereocenters. The molecule has 0 atom stereocenters. The Balaban J connectivity index is 3.13. The third kappa shape index (κ3) is 15.0. The van der Waals surface area contributed by atoms with Gasteiger partial charge in [-0.1, -0.05) is 56.9 Å². The number of rotatable bonds is 10. The lowest BCUT2D eigenvalue weighted by atomic mass is 10.1. The van der Waals surface area contributed by atoms with Crippen LogP contribution in [0, 0.1) is 11.8 Å². The minimum atomic E-state index is 0.325. The number of Topliss-reactive ketones (excluding diaryl/α,β-unsaturated/α-hetero) is 1. The zero-order valence-electron chi connectivity index (χ0n) is 12.1. The number of hydrogen-bond acceptors (Lipinski definition) is 1. The van der Waals surface area contributed by atoms with Gasteiger partial charge < -0.3 is 4.79 Å². The van der Waals surface area contributed by atoms with Crippen LogP contribution in [0.1, 0.15) is 78.1 Å². The summed E-state index contributed by atoms with van der Waals surface area (Å²) in [6.07, 6.45) is 15.6. The van der Waals surface area contributed by atoms with Crippen molar-refractivity contribution in [3.05, 3.63) is 12.2 Å². The van der Waals surface area contributed by atoms with Crippen molar-refractivity contribution in [1.29, 1.82) is 0 Å². The first kappa shape index (κ1) is 17.0. The normalized spacial score (nSPS) is 10.3. The van der Waals surface area contributed by atoms with Crippen molar-refractivity contribution in [3.63, 3.8) is 0 Å². The number of allylic oxidation sites excluding steroid dienone is 2. The first-order valence-corrected chi connectivity index (χ1v) is 7.40. The zero-order valence-corrected chi connectivity index (χ0v) is 12.1. The highest BCUT2D eigenvalue weighted by atomic mass is 16.1. The molecule has 18 heavy (non-hydrogen) atoms. The molecule has 0 aliphatic carbocycles. The summed E-state index contributed by atoms with van der Waals surface area (Å²) in [6, 6.07) is 0. The van der Waals surface area contributed by atoms with Crippen LogP contribution < -0.4 is 0 Å². The van der Waals surface area contributed by atoms with Crippen LogP contribution in [-0.4, -0.2) is 5.78 Å². The molecule has 0 saturated carbocycles. The van der Waals surface area contributed by atoms with E-state index >= 15 is 0 Å². The summed E-state index contributed by atoms with van der Waals surface area (Å²) < 4.78 is 0. The van der Waals surface area contributed by atoms with Crippen molar-refractivity contribution >= 4 is 5.78 Å². The first-order chi connectivity index (χ1) is 8.77. The summed E-state index contributed by atoms with van der Waals surface area (Å²) in [6.45, 7) is 3.80. The molecule has 0 spiro atoms. The second-order valence-corrected chi connectivity index (χ2v) is 4.81. The van der Waals surface area contributed by atoms with Gasteiger partial charge in [0.1, 0.15) is 5.78 Å². The Morgan fingerprint density at radius 2 is 1.61 bits per heavy atom. The maximum absolute atomic E-state index is 10.7. The second kappa shape index (κ2) is 14.0. The Bertz CT molecular complexity index is 278. The molecule has 0 radical (unpaired) electrons. The third-order valence-corrected chi connectivity index (χ3v) is 2.87. The molecule has 0 amide bonds. The molecular formula is C17H28O. The maximum Gasteiger partial charge on any atom is 0.129 e. The fourth-order valence-electron chi connectivity index (χ4n) is 1.78. The summed E-state index contributed by atoms with van der Waals surface area (Å²) in [5.41, 5.74) is 0. The van der Waals surface area contributed by atoms with Crippen LogP contribution in [0.3, 0.4) is 0 Å². The summed E-state index contributed by atoms with van der Waals surface area (Å²) in [5, 5.41) is 0. The van der Waals surface area contributed by atoms with Gasteiger partial charge in [0.15, 0.2) is 0 Å². The number of ketones is 1. The van der Waals surface area contributed by atoms with Crippen molar-refractivity contribution in [2.45, 2.75) is 78.1 Å². The molecular weight excluding hydrogens is 220 g/mol. The second-order valence-electron chi connectivity index (χ2n) is 4.81. The molecule has 0 aliphatic heterocycles. The van der Waals surface area contributed by atoms with Gasteiger partial charge in [-0.05, 0) is 32.3 Å². The highest BCUT2D eigenvalue weighted by molar-refractivity contribution is 5.75. The highest BCUT2D eigenvalue weighted by Crippen LogP contribution is 2.09. The molecule has 0 bridgehead atoms. The van der Waals surface area contributed by atoms with Gasteiger partial charge in [0.2, 0.25) is 0 Å². The summed E-state index contributed by atoms with van der Waals surface area (Å²) in [7, 11) is 0. The number of unbranched alkanes of at least 4 members (excludes halogenated alkanes) is 7. The lowest BCUT2D eigenvalue weighted by molar-refractivity contribution is -0.117. The van der Waals surface area contributed by atoms with Crippen LogP contribution >= 0.6 is 0 Å². The van der Waals surface area contributed by atoms with Gasteiger partial charge in [-0.25, -0.2) is 0 Å². The van der Waals surface area contributed by atoms with Gasteiger partial charge in [0.05, 0.1) is 0 Å². The van der Waals surface area contributed by atoms with Crippen molar-refractivity contribution in [1.82, 2.24) is 0 Å². The third-order valence-electron chi connectivity index (χ3n) is 2.87. The fraction of sp³-hybridized carbons (Fsp3) is 0.706. The SMILES string of the molecule is CC/C=C\C#CCCCCCCCCCC(C)=O. The predicted octanol–water partition coefficient (Wildman–Crippen LogP) is 5.06. The quantitative estimate of drug-likeness (QED) is 0.390. The zero-order chi connectivity index (χ0) is 13.5. The molecule has 0 saturated heterocycles. The maximum atomic E-state index is 10.7. The Hall–Kier alpha value is -1.03. The minimum absolute atomic E-state index is 0.325. The molecule has 0 aromatic rings. The molecule has 0 fully saturated rings. The van der Waals surface area contributed by atoms with E-state index in [4.69, 9.17) is 0 Å². The van der Waals surface area contributed by atoms with Crippen LogP contribution in [0.4, 0.5) is 0 Å². The topological polar surface area (TPSA) is 17.1 Å². The van der Waals surface area contributed by atoms with E-state index in [-0.39, 0.29) is 0 Å². The van der Waals surface area contributed by atoms with Gasteiger partial charge in [-0.3, -0.25) is 0 Å². The number of carbonyl (C=O) groups is 1. The summed E-state index contributed by atoms with van der Waals surface area (Å²) >= 11 is 0. The largest absolute Gasteiger partial charge is 0.300 e. The Morgan fingerprint density at radius 3 is 2.22 bits per heavy atom. The highest BCUT2D eigenvalue weighted by Gasteiger charge is 1.94. The van der Waals surface area contributed by atoms with Crippen LogP contribution in [0.2, 0.25) is 0 Å². The molecule has 1 nitrogen and oxygen atoms in total. The van der Waals surface area contributed by atoms with E-state index in [9.17, 15) is 4.79 Å². The van der Waals surface area contributed by atoms with E-state index < -0.39 is 0 Å². The lowest BCUT2D eigenvalue weighted by Gasteiger charge is -1.99. The summed E-state index contributed by atoms with van der Waals surface area (Å²) in [5.74, 6) is 6.55. The van der Waals surface area contributed by atoms with Gasteiger partial charge in [0.25, 0.3) is 0 Å². The van der Waals surface area contributed by atoms with E-state index in [1.807, 2.05) is 6.08 Å². The first-order valence-electron chi connectivity index (χ1n) is 7.40. The van der Waals surface area contributed by atoms with E-state index in [0.717, 1.165) is 25.7 Å². The monoisotopic (exact) mass is 248 g/mol. The molecule has 0 aromatic carbocycles. The van der Waals surface area contributed by atoms with E-state index in [1.54, 1.807) is 6.92 Å². The molecule has 0 heterocycles. The van der Waals surface area contributed by atoms with E-state index in [1.165, 1.54) is 38.5 Å². The van der Waals surface area contributed by atoms with Gasteiger partial charge in [-0.2, -0.15) is 0 Å². The molecule has 0 aromatic heterocycles. The Kier molecular flexibility index (Phi) is 13.2. The van der Waals surface area contributed by atoms with Gasteiger partial charge in [0, 0.05) is 12.8 Å². The van der Waals surface area contributed by atoms with Crippen molar-refractivity contribution in [2.75, 3.05) is 0 Å². The van der Waals surface area contributed by atoms with Crippen LogP contribution in [0.25, 0.3) is 0 Å². The average Bonchev–Trinajstić information content (AvgIpc) is 2.34. The average molecular weight is 248 g/mol. The lowest BCUT2D eigenvalue weighted by Crippen LogP contribution is -1.89.